The number of nitrogens with one attached hydrogen (secondary N) is 1. The quantitative estimate of drug-likeness (QED) is 0.562. The molecule has 0 aromatic rings. The van der Waals surface area contributed by atoms with Crippen LogP contribution in [0.1, 0.15) is 6.42 Å². The van der Waals surface area contributed by atoms with E-state index >= 15 is 0 Å². The second kappa shape index (κ2) is 12.0. The summed E-state index contributed by atoms with van der Waals surface area (Å²) >= 11 is 0.690. The molecule has 0 aromatic heterocycles. The van der Waals surface area contributed by atoms with Gasteiger partial charge in [-0.05, 0) is 24.2 Å². The van der Waals surface area contributed by atoms with E-state index in [1.165, 1.54) is 0 Å². The van der Waals surface area contributed by atoms with Crippen LogP contribution in [0.25, 0.3) is 5.73 Å². The Morgan fingerprint density at radius 2 is 2.17 bits per heavy atom. The van der Waals surface area contributed by atoms with Crippen LogP contribution in [0.4, 0.5) is 0 Å². The van der Waals surface area contributed by atoms with E-state index < -0.39 is 28.5 Å². The van der Waals surface area contributed by atoms with Crippen molar-refractivity contribution in [1.82, 2.24) is 0 Å². The van der Waals surface area contributed by atoms with Gasteiger partial charge < -0.3 is 10.8 Å². The molecule has 0 bridgehead atoms. The van der Waals surface area contributed by atoms with Gasteiger partial charge >= 0.3 is 35.3 Å². The summed E-state index contributed by atoms with van der Waals surface area (Å²) in [7, 11) is 9.75. The number of rotatable bonds is 4. The summed E-state index contributed by atoms with van der Waals surface area (Å²) in [4.78, 5) is 10.0. The predicted octanol–water partition coefficient (Wildman–Crippen LogP) is 1.70. The standard InChI is InChI=1S/C5H10NO2S.2ClH.Pt/c1-9-3-2-4(6)5(7)8;;;/h4,6H,2-3H2,1H3,(H,7,8);2*1H;/q-1;;;+2/p-1. The van der Waals surface area contributed by atoms with Crippen LogP contribution in [-0.2, 0) is 33.0 Å². The number of hydrogen-bond donors (Lipinski definition) is 1. The van der Waals surface area contributed by atoms with Crippen molar-refractivity contribution in [2.75, 3.05) is 12.0 Å². The van der Waals surface area contributed by atoms with Gasteiger partial charge in [-0.15, -0.1) is 0 Å². The number of thiol groups is 1. The van der Waals surface area contributed by atoms with Crippen molar-refractivity contribution < 1.29 is 26.4 Å². The van der Waals surface area contributed by atoms with Gasteiger partial charge in [-0.1, -0.05) is 0 Å². The van der Waals surface area contributed by atoms with Gasteiger partial charge in [0.05, 0.1) is 6.26 Å². The third kappa shape index (κ3) is 13.6. The molecule has 0 aliphatic heterocycles. The van der Waals surface area contributed by atoms with Gasteiger partial charge in [-0.25, -0.2) is 0 Å². The monoisotopic (exact) mass is 414 g/mol. The zero-order chi connectivity index (χ0) is 9.98. The molecule has 0 aliphatic carbocycles. The molecule has 0 spiro atoms. The van der Waals surface area contributed by atoms with E-state index in [2.05, 4.69) is 0 Å². The molecule has 3 nitrogen and oxygen atoms in total. The molecular formula is C5H11Cl2NO2PtS. The predicted molar refractivity (Wildman–Crippen MR) is 51.6 cm³/mol. The molecular weight excluding hydrogens is 404 g/mol. The fraction of sp³-hybridized carbons (Fsp3) is 0.800. The molecule has 7 heteroatoms. The number of carbonyl (C=O) groups is 1. The minimum atomic E-state index is -1.02. The molecule has 0 fully saturated rings. The molecule has 0 saturated carbocycles. The van der Waals surface area contributed by atoms with Crippen molar-refractivity contribution in [1.29, 1.82) is 0 Å². The van der Waals surface area contributed by atoms with E-state index in [4.69, 9.17) is 29.7 Å². The van der Waals surface area contributed by atoms with Gasteiger partial charge in [0.1, 0.15) is 5.75 Å². The summed E-state index contributed by atoms with van der Waals surface area (Å²) in [5.41, 5.74) is 6.93. The average Bonchev–Trinajstić information content (AvgIpc) is 2.01. The van der Waals surface area contributed by atoms with Crippen molar-refractivity contribution in [3.8, 4) is 0 Å². The number of hydrogen-bond acceptors (Lipinski definition) is 1. The van der Waals surface area contributed by atoms with Crippen LogP contribution in [0, 0.1) is 0 Å². The third-order valence-corrected chi connectivity index (χ3v) is 1.64. The van der Waals surface area contributed by atoms with E-state index in [0.717, 1.165) is 17.5 Å². The fourth-order valence-corrected chi connectivity index (χ4v) is 0.898. The molecule has 2 N–H and O–H groups in total. The molecule has 0 aliphatic rings. The van der Waals surface area contributed by atoms with Crippen LogP contribution in [0.3, 0.4) is 0 Å². The van der Waals surface area contributed by atoms with Crippen LogP contribution >= 0.6 is 18.8 Å². The van der Waals surface area contributed by atoms with Crippen LogP contribution in [-0.4, -0.2) is 29.1 Å². The molecule has 0 heterocycles. The Morgan fingerprint density at radius 1 is 1.75 bits per heavy atom. The Hall–Kier alpha value is 1.05. The van der Waals surface area contributed by atoms with Crippen molar-refractivity contribution in [3.05, 3.63) is 5.73 Å². The van der Waals surface area contributed by atoms with Gasteiger partial charge in [-0.2, -0.15) is 0 Å². The van der Waals surface area contributed by atoms with E-state index in [1.807, 2.05) is 6.26 Å². The molecule has 0 radical (unpaired) electrons. The first-order valence-electron chi connectivity index (χ1n) is 2.92. The molecule has 12 heavy (non-hydrogen) atoms. The number of carboxylic acids is 1. The number of halogens is 2. The first-order chi connectivity index (χ1) is 5.59. The van der Waals surface area contributed by atoms with Crippen molar-refractivity contribution in [3.63, 3.8) is 0 Å². The van der Waals surface area contributed by atoms with Crippen LogP contribution in [0.15, 0.2) is 0 Å². The van der Waals surface area contributed by atoms with Gasteiger partial charge in [-0.3, -0.25) is 4.79 Å². The average molecular weight is 415 g/mol. The van der Waals surface area contributed by atoms with Gasteiger partial charge in [0.25, 0.3) is 5.97 Å². The molecule has 0 rings (SSSR count). The Morgan fingerprint density at radius 3 is 2.42 bits per heavy atom. The molecule has 0 aromatic carbocycles. The van der Waals surface area contributed by atoms with E-state index in [9.17, 15) is 4.79 Å². The number of aliphatic carboxylic acids is 1. The maximum absolute atomic E-state index is 10.0. The Kier molecular flexibility index (Phi) is 15.6. The Balaban J connectivity index is 0. The second-order valence-corrected chi connectivity index (χ2v) is 6.13. The Labute approximate surface area is 92.7 Å². The molecule has 1 atom stereocenters. The van der Waals surface area contributed by atoms with Crippen LogP contribution in [0.2, 0.25) is 0 Å². The van der Waals surface area contributed by atoms with Crippen LogP contribution < -0.4 is 0 Å². The number of carboxylic acid groups (broad SMARTS) is 1. The SMILES string of the molecule is C[SH+]CCC([NH-])C(=O)O.[Cl][Pt][Cl]. The topological polar surface area (TPSA) is 61.1 Å². The summed E-state index contributed by atoms with van der Waals surface area (Å²) in [5.74, 6) is -0.209. The molecule has 0 amide bonds. The van der Waals surface area contributed by atoms with Gasteiger partial charge in [0.15, 0.2) is 0 Å². The fourth-order valence-electron chi connectivity index (χ4n) is 0.382. The zero-order valence-electron chi connectivity index (χ0n) is 6.37. The third-order valence-electron chi connectivity index (χ3n) is 0.939. The first-order valence-corrected chi connectivity index (χ1v) is 10.1. The van der Waals surface area contributed by atoms with E-state index in [-0.39, 0.29) is 0 Å². The van der Waals surface area contributed by atoms with Crippen LogP contribution in [0.5, 0.6) is 0 Å². The van der Waals surface area contributed by atoms with Gasteiger partial charge in [0.2, 0.25) is 0 Å². The van der Waals surface area contributed by atoms with Crippen molar-refractivity contribution in [2.24, 2.45) is 0 Å². The zero-order valence-corrected chi connectivity index (χ0v) is 11.0. The normalized spacial score (nSPS) is 11.7. The van der Waals surface area contributed by atoms with Crippen molar-refractivity contribution in [2.45, 2.75) is 12.5 Å². The summed E-state index contributed by atoms with van der Waals surface area (Å²) < 4.78 is 0. The summed E-state index contributed by atoms with van der Waals surface area (Å²) in [6, 6.07) is -0.919. The summed E-state index contributed by atoms with van der Waals surface area (Å²) in [6.07, 6.45) is 2.42. The summed E-state index contributed by atoms with van der Waals surface area (Å²) in [6.45, 7) is 0. The van der Waals surface area contributed by atoms with Gasteiger partial charge in [0, 0.05) is 0 Å². The minimum absolute atomic E-state index is 0.466. The summed E-state index contributed by atoms with van der Waals surface area (Å²) in [5, 5.41) is 8.22. The molecule has 0 saturated heterocycles. The Bertz CT molecular complexity index is 120. The van der Waals surface area contributed by atoms with E-state index in [1.54, 1.807) is 0 Å². The second-order valence-electron chi connectivity index (χ2n) is 1.76. The van der Waals surface area contributed by atoms with Crippen molar-refractivity contribution >= 4 is 36.6 Å². The molecule has 1 unspecified atom stereocenters. The maximum atomic E-state index is 10.0. The van der Waals surface area contributed by atoms with E-state index in [0.29, 0.717) is 6.42 Å². The molecule has 78 valence electrons. The first kappa shape index (κ1) is 15.5.